The lowest BCUT2D eigenvalue weighted by molar-refractivity contribution is 0.0489. The summed E-state index contributed by atoms with van der Waals surface area (Å²) in [6, 6.07) is 4.21. The molecule has 178 valence electrons. The second-order valence-corrected chi connectivity index (χ2v) is 8.69. The van der Waals surface area contributed by atoms with E-state index in [4.69, 9.17) is 9.15 Å². The molecule has 0 aliphatic carbocycles. The summed E-state index contributed by atoms with van der Waals surface area (Å²) >= 11 is 0. The summed E-state index contributed by atoms with van der Waals surface area (Å²) in [5.74, 6) is -0.249. The highest BCUT2D eigenvalue weighted by Gasteiger charge is 2.30. The first-order chi connectivity index (χ1) is 15.9. The first-order valence-electron chi connectivity index (χ1n) is 10.5. The van der Waals surface area contributed by atoms with E-state index in [2.05, 4.69) is 15.3 Å². The Morgan fingerprint density at radius 1 is 1.26 bits per heavy atom. The van der Waals surface area contributed by atoms with Gasteiger partial charge in [0.1, 0.15) is 28.4 Å². The molecule has 0 aliphatic heterocycles. The van der Waals surface area contributed by atoms with Crippen LogP contribution in [0.5, 0.6) is 11.6 Å². The standard InChI is InChI=1S/C24H25FN4O5/c1-11-7-13(25)8-12(2)18(11)33-21-19(34-23(28-21)24(3,4)32)15-10-29(6)22(31)17-14(15)9-16(27-17)20(30)26-5/h7-10,27,32H,1-6H3,(H,26,30). The van der Waals surface area contributed by atoms with E-state index in [1.54, 1.807) is 20.9 Å². The number of carbonyl (C=O) groups is 1. The molecule has 4 aromatic rings. The van der Waals surface area contributed by atoms with Gasteiger partial charge < -0.3 is 29.1 Å². The summed E-state index contributed by atoms with van der Waals surface area (Å²) < 4.78 is 27.2. The highest BCUT2D eigenvalue weighted by atomic mass is 19.1. The number of fused-ring (bicyclic) bond motifs is 1. The molecule has 0 radical (unpaired) electrons. The molecule has 10 heteroatoms. The molecule has 3 aromatic heterocycles. The van der Waals surface area contributed by atoms with Gasteiger partial charge in [-0.3, -0.25) is 9.59 Å². The van der Waals surface area contributed by atoms with Crippen LogP contribution in [-0.2, 0) is 12.6 Å². The van der Waals surface area contributed by atoms with Crippen LogP contribution in [0.1, 0.15) is 41.4 Å². The molecule has 0 saturated heterocycles. The molecule has 1 amide bonds. The quantitative estimate of drug-likeness (QED) is 0.411. The van der Waals surface area contributed by atoms with E-state index in [0.29, 0.717) is 27.8 Å². The van der Waals surface area contributed by atoms with E-state index in [-0.39, 0.29) is 34.3 Å². The van der Waals surface area contributed by atoms with Gasteiger partial charge in [-0.05, 0) is 57.0 Å². The molecule has 0 unspecified atom stereocenters. The number of aromatic nitrogens is 3. The Bertz CT molecular complexity index is 1470. The second-order valence-electron chi connectivity index (χ2n) is 8.69. The molecule has 0 aliphatic rings. The first kappa shape index (κ1) is 23.2. The van der Waals surface area contributed by atoms with Gasteiger partial charge in [-0.25, -0.2) is 4.39 Å². The van der Waals surface area contributed by atoms with Gasteiger partial charge in [0.05, 0.1) is 0 Å². The van der Waals surface area contributed by atoms with Gasteiger partial charge in [-0.15, -0.1) is 0 Å². The lowest BCUT2D eigenvalue weighted by Crippen LogP contribution is -2.19. The molecular formula is C24H25FN4O5. The van der Waals surface area contributed by atoms with Crippen LogP contribution in [0, 0.1) is 19.7 Å². The Morgan fingerprint density at radius 3 is 2.50 bits per heavy atom. The molecule has 0 saturated carbocycles. The number of pyridine rings is 1. The number of carbonyl (C=O) groups excluding carboxylic acids is 1. The summed E-state index contributed by atoms with van der Waals surface area (Å²) in [5.41, 5.74) is 0.115. The monoisotopic (exact) mass is 468 g/mol. The predicted octanol–water partition coefficient (Wildman–Crippen LogP) is 3.66. The van der Waals surface area contributed by atoms with Gasteiger partial charge in [0.15, 0.2) is 0 Å². The van der Waals surface area contributed by atoms with Crippen LogP contribution >= 0.6 is 0 Å². The molecule has 4 rings (SSSR count). The molecule has 0 bridgehead atoms. The predicted molar refractivity (Wildman–Crippen MR) is 124 cm³/mol. The van der Waals surface area contributed by atoms with E-state index < -0.39 is 17.3 Å². The highest BCUT2D eigenvalue weighted by molar-refractivity contribution is 6.02. The number of oxazole rings is 1. The Hall–Kier alpha value is -3.92. The van der Waals surface area contributed by atoms with Gasteiger partial charge in [-0.1, -0.05) is 0 Å². The number of aliphatic hydroxyl groups is 1. The smallest absolute Gasteiger partial charge is 0.274 e. The number of H-pyrrole nitrogens is 1. The fourth-order valence-corrected chi connectivity index (χ4v) is 3.73. The number of ether oxygens (including phenoxy) is 1. The van der Waals surface area contributed by atoms with Crippen molar-refractivity contribution >= 4 is 16.8 Å². The minimum absolute atomic E-state index is 0.0148. The van der Waals surface area contributed by atoms with Crippen LogP contribution in [-0.4, -0.2) is 32.6 Å². The number of aryl methyl sites for hydroxylation is 3. The number of nitrogens with zero attached hydrogens (tertiary/aromatic N) is 2. The van der Waals surface area contributed by atoms with Crippen molar-refractivity contribution in [2.24, 2.45) is 7.05 Å². The summed E-state index contributed by atoms with van der Waals surface area (Å²) in [7, 11) is 3.05. The maximum absolute atomic E-state index is 13.8. The minimum Gasteiger partial charge on any atom is -0.435 e. The summed E-state index contributed by atoms with van der Waals surface area (Å²) in [4.78, 5) is 32.2. The van der Waals surface area contributed by atoms with Gasteiger partial charge >= 0.3 is 0 Å². The van der Waals surface area contributed by atoms with Gasteiger partial charge in [0.2, 0.25) is 11.7 Å². The summed E-state index contributed by atoms with van der Waals surface area (Å²) in [5, 5.41) is 13.5. The van der Waals surface area contributed by atoms with E-state index in [1.807, 2.05) is 0 Å². The fourth-order valence-electron chi connectivity index (χ4n) is 3.73. The number of rotatable bonds is 5. The van der Waals surface area contributed by atoms with E-state index in [9.17, 15) is 19.1 Å². The van der Waals surface area contributed by atoms with Crippen molar-refractivity contribution < 1.29 is 23.4 Å². The zero-order valence-electron chi connectivity index (χ0n) is 19.7. The maximum atomic E-state index is 13.8. The molecule has 3 N–H and O–H groups in total. The van der Waals surface area contributed by atoms with Crippen molar-refractivity contribution in [3.63, 3.8) is 0 Å². The Kier molecular flexibility index (Phi) is 5.56. The third-order valence-corrected chi connectivity index (χ3v) is 5.42. The number of amides is 1. The molecule has 34 heavy (non-hydrogen) atoms. The summed E-state index contributed by atoms with van der Waals surface area (Å²) in [6.45, 7) is 6.43. The lowest BCUT2D eigenvalue weighted by Gasteiger charge is -2.11. The SMILES string of the molecule is CNC(=O)c1cc2c(-c3oc(C(C)(C)O)nc3Oc3c(C)cc(F)cc3C)cn(C)c(=O)c2[nH]1. The molecule has 0 spiro atoms. The normalized spacial score (nSPS) is 11.8. The Balaban J connectivity index is 1.99. The molecular weight excluding hydrogens is 443 g/mol. The summed E-state index contributed by atoms with van der Waals surface area (Å²) in [6.07, 6.45) is 1.54. The van der Waals surface area contributed by atoms with Crippen molar-refractivity contribution in [3.8, 4) is 23.0 Å². The lowest BCUT2D eigenvalue weighted by atomic mass is 10.1. The number of hydrogen-bond acceptors (Lipinski definition) is 6. The van der Waals surface area contributed by atoms with Crippen LogP contribution < -0.4 is 15.6 Å². The van der Waals surface area contributed by atoms with Gasteiger partial charge in [0, 0.05) is 31.2 Å². The molecule has 9 nitrogen and oxygen atoms in total. The van der Waals surface area contributed by atoms with Crippen LogP contribution in [0.3, 0.4) is 0 Å². The average molecular weight is 468 g/mol. The minimum atomic E-state index is -1.44. The van der Waals surface area contributed by atoms with E-state index >= 15 is 0 Å². The zero-order chi connectivity index (χ0) is 24.9. The van der Waals surface area contributed by atoms with E-state index in [0.717, 1.165) is 0 Å². The van der Waals surface area contributed by atoms with Crippen molar-refractivity contribution in [3.05, 3.63) is 63.3 Å². The van der Waals surface area contributed by atoms with Gasteiger partial charge in [0.25, 0.3) is 17.3 Å². The van der Waals surface area contributed by atoms with Crippen molar-refractivity contribution in [1.29, 1.82) is 0 Å². The average Bonchev–Trinajstić information content (AvgIpc) is 3.38. The number of aromatic amines is 1. The third kappa shape index (κ3) is 3.96. The second kappa shape index (κ2) is 8.14. The number of hydrogen-bond donors (Lipinski definition) is 3. The van der Waals surface area contributed by atoms with Crippen LogP contribution in [0.2, 0.25) is 0 Å². The topological polar surface area (TPSA) is 122 Å². The zero-order valence-corrected chi connectivity index (χ0v) is 19.7. The van der Waals surface area contributed by atoms with Gasteiger partial charge in [-0.2, -0.15) is 4.98 Å². The van der Waals surface area contributed by atoms with Crippen molar-refractivity contribution in [2.75, 3.05) is 7.05 Å². The number of benzene rings is 1. The van der Waals surface area contributed by atoms with Crippen LogP contribution in [0.15, 0.2) is 33.6 Å². The third-order valence-electron chi connectivity index (χ3n) is 5.42. The Labute approximate surface area is 194 Å². The number of halogens is 1. The maximum Gasteiger partial charge on any atom is 0.274 e. The molecule has 0 atom stereocenters. The number of nitrogens with one attached hydrogen (secondary N) is 2. The highest BCUT2D eigenvalue weighted by Crippen LogP contribution is 2.40. The van der Waals surface area contributed by atoms with Crippen molar-refractivity contribution in [2.45, 2.75) is 33.3 Å². The van der Waals surface area contributed by atoms with Crippen LogP contribution in [0.4, 0.5) is 4.39 Å². The fraction of sp³-hybridized carbons (Fsp3) is 0.292. The van der Waals surface area contributed by atoms with E-state index in [1.165, 1.54) is 49.9 Å². The van der Waals surface area contributed by atoms with Crippen LogP contribution in [0.25, 0.3) is 22.2 Å². The first-order valence-corrected chi connectivity index (χ1v) is 10.5. The van der Waals surface area contributed by atoms with Crippen molar-refractivity contribution in [1.82, 2.24) is 19.9 Å². The Morgan fingerprint density at radius 2 is 1.91 bits per heavy atom. The molecule has 3 heterocycles. The molecule has 1 aromatic carbocycles. The molecule has 0 fully saturated rings. The largest absolute Gasteiger partial charge is 0.435 e.